The lowest BCUT2D eigenvalue weighted by molar-refractivity contribution is -0.137. The Labute approximate surface area is 116 Å². The van der Waals surface area contributed by atoms with E-state index in [2.05, 4.69) is 10.3 Å². The van der Waals surface area contributed by atoms with Crippen LogP contribution < -0.4 is 5.32 Å². The Balaban J connectivity index is 2.01. The number of nitrogens with one attached hydrogen (secondary N) is 1. The molecule has 0 aliphatic rings. The average molecular weight is 276 g/mol. The molecule has 1 unspecified atom stereocenters. The van der Waals surface area contributed by atoms with E-state index in [1.165, 1.54) is 0 Å². The van der Waals surface area contributed by atoms with E-state index in [0.717, 1.165) is 16.3 Å². The molecule has 1 heterocycles. The molecule has 0 radical (unpaired) electrons. The van der Waals surface area contributed by atoms with Crippen LogP contribution in [0.4, 0.5) is 5.69 Å². The Morgan fingerprint density at radius 1 is 1.53 bits per heavy atom. The zero-order valence-electron chi connectivity index (χ0n) is 10.7. The second-order valence-electron chi connectivity index (χ2n) is 4.40. The van der Waals surface area contributed by atoms with Crippen LogP contribution in [0, 0.1) is 0 Å². The SMILES string of the molecule is CC(CCC(=O)O)Nc1cccc(-c2nccs2)c1. The van der Waals surface area contributed by atoms with Crippen LogP contribution in [0.5, 0.6) is 0 Å². The summed E-state index contributed by atoms with van der Waals surface area (Å²) in [5, 5.41) is 14.9. The molecule has 1 atom stereocenters. The van der Waals surface area contributed by atoms with E-state index >= 15 is 0 Å². The molecular weight excluding hydrogens is 260 g/mol. The number of hydrogen-bond donors (Lipinski definition) is 2. The normalized spacial score (nSPS) is 12.1. The minimum Gasteiger partial charge on any atom is -0.481 e. The highest BCUT2D eigenvalue weighted by atomic mass is 32.1. The number of carbonyl (C=O) groups is 1. The van der Waals surface area contributed by atoms with Crippen LogP contribution in [-0.4, -0.2) is 22.1 Å². The van der Waals surface area contributed by atoms with Crippen LogP contribution in [0.1, 0.15) is 19.8 Å². The number of aromatic nitrogens is 1. The number of carboxylic acids is 1. The summed E-state index contributed by atoms with van der Waals surface area (Å²) in [4.78, 5) is 14.8. The maximum atomic E-state index is 10.5. The number of hydrogen-bond acceptors (Lipinski definition) is 4. The van der Waals surface area contributed by atoms with E-state index in [9.17, 15) is 4.79 Å². The Bertz CT molecular complexity index is 540. The van der Waals surface area contributed by atoms with Gasteiger partial charge in [0.15, 0.2) is 0 Å². The topological polar surface area (TPSA) is 62.2 Å². The molecular formula is C14H16N2O2S. The van der Waals surface area contributed by atoms with Crippen LogP contribution in [0.2, 0.25) is 0 Å². The molecule has 0 bridgehead atoms. The van der Waals surface area contributed by atoms with Crippen molar-refractivity contribution in [3.05, 3.63) is 35.8 Å². The van der Waals surface area contributed by atoms with E-state index in [1.807, 2.05) is 36.6 Å². The van der Waals surface area contributed by atoms with Crippen molar-refractivity contribution in [3.63, 3.8) is 0 Å². The minimum absolute atomic E-state index is 0.127. The fourth-order valence-corrected chi connectivity index (χ4v) is 2.44. The quantitative estimate of drug-likeness (QED) is 0.848. The van der Waals surface area contributed by atoms with Gasteiger partial charge in [0.05, 0.1) is 0 Å². The van der Waals surface area contributed by atoms with Crippen molar-refractivity contribution in [3.8, 4) is 10.6 Å². The lowest BCUT2D eigenvalue weighted by Gasteiger charge is -2.14. The van der Waals surface area contributed by atoms with Crippen molar-refractivity contribution < 1.29 is 9.90 Å². The van der Waals surface area contributed by atoms with E-state index in [0.29, 0.717) is 6.42 Å². The van der Waals surface area contributed by atoms with Crippen LogP contribution >= 0.6 is 11.3 Å². The highest BCUT2D eigenvalue weighted by Gasteiger charge is 2.06. The maximum Gasteiger partial charge on any atom is 0.303 e. The third-order valence-electron chi connectivity index (χ3n) is 2.75. The van der Waals surface area contributed by atoms with Gasteiger partial charge in [0.2, 0.25) is 0 Å². The molecule has 19 heavy (non-hydrogen) atoms. The van der Waals surface area contributed by atoms with Crippen LogP contribution in [0.25, 0.3) is 10.6 Å². The summed E-state index contributed by atoms with van der Waals surface area (Å²) < 4.78 is 0. The largest absolute Gasteiger partial charge is 0.481 e. The molecule has 100 valence electrons. The fourth-order valence-electron chi connectivity index (χ4n) is 1.80. The monoisotopic (exact) mass is 276 g/mol. The summed E-state index contributed by atoms with van der Waals surface area (Å²) in [6.07, 6.45) is 2.58. The minimum atomic E-state index is -0.759. The van der Waals surface area contributed by atoms with E-state index in [4.69, 9.17) is 5.11 Å². The standard InChI is InChI=1S/C14H16N2O2S/c1-10(5-6-13(17)18)16-12-4-2-3-11(9-12)14-15-7-8-19-14/h2-4,7-10,16H,5-6H2,1H3,(H,17,18). The van der Waals surface area contributed by atoms with Crippen molar-refractivity contribution in [2.45, 2.75) is 25.8 Å². The maximum absolute atomic E-state index is 10.5. The second-order valence-corrected chi connectivity index (χ2v) is 5.29. The molecule has 1 aromatic carbocycles. The summed E-state index contributed by atoms with van der Waals surface area (Å²) in [5.74, 6) is -0.759. The highest BCUT2D eigenvalue weighted by molar-refractivity contribution is 7.13. The van der Waals surface area contributed by atoms with Gasteiger partial charge in [-0.3, -0.25) is 4.79 Å². The summed E-state index contributed by atoms with van der Waals surface area (Å²) in [7, 11) is 0. The predicted octanol–water partition coefficient (Wildman–Crippen LogP) is 3.48. The van der Waals surface area contributed by atoms with Crippen LogP contribution in [-0.2, 0) is 4.79 Å². The molecule has 0 fully saturated rings. The molecule has 0 amide bonds. The van der Waals surface area contributed by atoms with Crippen LogP contribution in [0.3, 0.4) is 0 Å². The molecule has 1 aromatic heterocycles. The van der Waals surface area contributed by atoms with Crippen molar-refractivity contribution in [2.75, 3.05) is 5.32 Å². The number of carboxylic acid groups (broad SMARTS) is 1. The van der Waals surface area contributed by atoms with Crippen molar-refractivity contribution in [2.24, 2.45) is 0 Å². The van der Waals surface area contributed by atoms with Gasteiger partial charge in [-0.05, 0) is 25.5 Å². The summed E-state index contributed by atoms with van der Waals surface area (Å²) in [6, 6.07) is 8.14. The second kappa shape index (κ2) is 6.33. The summed E-state index contributed by atoms with van der Waals surface area (Å²) in [6.45, 7) is 1.99. The highest BCUT2D eigenvalue weighted by Crippen LogP contribution is 2.24. The molecule has 0 saturated heterocycles. The fraction of sp³-hybridized carbons (Fsp3) is 0.286. The molecule has 2 rings (SSSR count). The summed E-state index contributed by atoms with van der Waals surface area (Å²) in [5.41, 5.74) is 2.07. The molecule has 2 aromatic rings. The van der Waals surface area contributed by atoms with E-state index in [1.54, 1.807) is 17.5 Å². The lowest BCUT2D eigenvalue weighted by atomic mass is 10.1. The Hall–Kier alpha value is -1.88. The van der Waals surface area contributed by atoms with Gasteiger partial charge in [-0.1, -0.05) is 12.1 Å². The average Bonchev–Trinajstić information content (AvgIpc) is 2.90. The Kier molecular flexibility index (Phi) is 4.52. The summed E-state index contributed by atoms with van der Waals surface area (Å²) >= 11 is 1.60. The molecule has 4 nitrogen and oxygen atoms in total. The smallest absolute Gasteiger partial charge is 0.303 e. The molecule has 0 aliphatic heterocycles. The zero-order chi connectivity index (χ0) is 13.7. The van der Waals surface area contributed by atoms with Crippen molar-refractivity contribution in [1.29, 1.82) is 0 Å². The molecule has 0 saturated carbocycles. The van der Waals surface area contributed by atoms with Crippen LogP contribution in [0.15, 0.2) is 35.8 Å². The number of nitrogens with zero attached hydrogens (tertiary/aromatic N) is 1. The Morgan fingerprint density at radius 3 is 3.05 bits per heavy atom. The van der Waals surface area contributed by atoms with Gasteiger partial charge in [0.1, 0.15) is 5.01 Å². The predicted molar refractivity (Wildman–Crippen MR) is 77.5 cm³/mol. The number of anilines is 1. The first-order chi connectivity index (χ1) is 9.15. The molecule has 0 aliphatic carbocycles. The van der Waals surface area contributed by atoms with Gasteiger partial charge in [-0.15, -0.1) is 11.3 Å². The number of benzene rings is 1. The first-order valence-corrected chi connectivity index (χ1v) is 7.01. The van der Waals surface area contributed by atoms with Gasteiger partial charge < -0.3 is 10.4 Å². The van der Waals surface area contributed by atoms with Gasteiger partial charge >= 0.3 is 5.97 Å². The molecule has 2 N–H and O–H groups in total. The number of rotatable bonds is 6. The first-order valence-electron chi connectivity index (χ1n) is 6.13. The molecule has 0 spiro atoms. The van der Waals surface area contributed by atoms with Gasteiger partial charge in [-0.2, -0.15) is 0 Å². The van der Waals surface area contributed by atoms with Gasteiger partial charge in [-0.25, -0.2) is 4.98 Å². The third-order valence-corrected chi connectivity index (χ3v) is 3.57. The van der Waals surface area contributed by atoms with Gasteiger partial charge in [0, 0.05) is 35.3 Å². The van der Waals surface area contributed by atoms with Gasteiger partial charge in [0.25, 0.3) is 0 Å². The Morgan fingerprint density at radius 2 is 2.37 bits per heavy atom. The number of aliphatic carboxylic acids is 1. The first kappa shape index (κ1) is 13.5. The number of thiazole rings is 1. The zero-order valence-corrected chi connectivity index (χ0v) is 11.5. The van der Waals surface area contributed by atoms with Crippen molar-refractivity contribution in [1.82, 2.24) is 4.98 Å². The van der Waals surface area contributed by atoms with E-state index < -0.39 is 5.97 Å². The van der Waals surface area contributed by atoms with E-state index in [-0.39, 0.29) is 12.5 Å². The third kappa shape index (κ3) is 4.06. The lowest BCUT2D eigenvalue weighted by Crippen LogP contribution is -2.16. The van der Waals surface area contributed by atoms with Crippen molar-refractivity contribution >= 4 is 23.0 Å². The molecule has 5 heteroatoms.